The first-order valence-electron chi connectivity index (χ1n) is 3.79. The number of nitrogens with one attached hydrogen (secondary N) is 1. The molecule has 0 amide bonds. The minimum atomic E-state index is -1.16. The third kappa shape index (κ3) is 5.23. The molecule has 4 heteroatoms. The molecule has 0 aliphatic heterocycles. The van der Waals surface area contributed by atoms with E-state index in [-0.39, 0.29) is 12.3 Å². The van der Waals surface area contributed by atoms with Crippen LogP contribution >= 0.6 is 0 Å². The summed E-state index contributed by atoms with van der Waals surface area (Å²) in [5.74, 6) is 0. The predicted molar refractivity (Wildman–Crippen MR) is 46.4 cm³/mol. The summed E-state index contributed by atoms with van der Waals surface area (Å²) in [7, 11) is 1.47. The van der Waals surface area contributed by atoms with Gasteiger partial charge in [-0.25, -0.2) is 0 Å². The predicted octanol–water partition coefficient (Wildman–Crippen LogP) is 0.786. The summed E-state index contributed by atoms with van der Waals surface area (Å²) < 4.78 is 9.78. The van der Waals surface area contributed by atoms with Crippen LogP contribution in [0.5, 0.6) is 0 Å². The Hall–Kier alpha value is -0.450. The number of hydrogen-bond donors (Lipinski definition) is 2. The van der Waals surface area contributed by atoms with E-state index >= 15 is 0 Å². The van der Waals surface area contributed by atoms with Crippen molar-refractivity contribution in [2.45, 2.75) is 32.7 Å². The van der Waals surface area contributed by atoms with Crippen LogP contribution in [0.15, 0.2) is 0 Å². The number of hydrogen-bond acceptors (Lipinski definition) is 4. The van der Waals surface area contributed by atoms with Crippen molar-refractivity contribution in [3.05, 3.63) is 0 Å². The minimum absolute atomic E-state index is 0.0347. The van der Waals surface area contributed by atoms with Crippen LogP contribution in [0, 0.1) is 5.41 Å². The first-order chi connectivity index (χ1) is 5.37. The Morgan fingerprint density at radius 2 is 2.00 bits per heavy atom. The van der Waals surface area contributed by atoms with Crippen molar-refractivity contribution in [3.63, 3.8) is 0 Å². The summed E-state index contributed by atoms with van der Waals surface area (Å²) in [4.78, 5) is 0. The van der Waals surface area contributed by atoms with Gasteiger partial charge in [0, 0.05) is 7.11 Å². The fourth-order valence-corrected chi connectivity index (χ4v) is 0.633. The Labute approximate surface area is 73.0 Å². The number of methoxy groups -OCH3 is 1. The average Bonchev–Trinajstić information content (AvgIpc) is 1.84. The molecule has 0 heterocycles. The van der Waals surface area contributed by atoms with Crippen LogP contribution in [0.3, 0.4) is 0 Å². The van der Waals surface area contributed by atoms with Crippen molar-refractivity contribution in [1.29, 1.82) is 5.41 Å². The average molecular weight is 175 g/mol. The Kier molecular flexibility index (Phi) is 4.37. The molecular formula is C8H17NO3. The second-order valence-corrected chi connectivity index (χ2v) is 3.54. The molecule has 0 spiro atoms. The molecule has 0 saturated carbocycles. The molecular weight excluding hydrogens is 158 g/mol. The highest BCUT2D eigenvalue weighted by Crippen LogP contribution is 2.09. The first kappa shape index (κ1) is 11.6. The van der Waals surface area contributed by atoms with Gasteiger partial charge in [0.05, 0.1) is 17.9 Å². The number of aliphatic hydroxyl groups is 1. The second kappa shape index (κ2) is 4.54. The zero-order chi connectivity index (χ0) is 9.78. The van der Waals surface area contributed by atoms with Gasteiger partial charge in [-0.2, -0.15) is 0 Å². The van der Waals surface area contributed by atoms with Crippen LogP contribution in [0.25, 0.3) is 0 Å². The molecule has 0 aliphatic carbocycles. The lowest BCUT2D eigenvalue weighted by Gasteiger charge is -2.23. The van der Waals surface area contributed by atoms with Gasteiger partial charge < -0.3 is 20.0 Å². The van der Waals surface area contributed by atoms with Gasteiger partial charge in [-0.1, -0.05) is 0 Å². The van der Waals surface area contributed by atoms with Crippen molar-refractivity contribution in [1.82, 2.24) is 0 Å². The molecule has 0 aromatic rings. The maximum absolute atomic E-state index is 9.26. The van der Waals surface area contributed by atoms with Gasteiger partial charge >= 0.3 is 0 Å². The summed E-state index contributed by atoms with van der Waals surface area (Å²) in [5.41, 5.74) is -0.410. The van der Waals surface area contributed by atoms with Gasteiger partial charge in [-0.15, -0.1) is 0 Å². The van der Waals surface area contributed by atoms with E-state index in [2.05, 4.69) is 4.74 Å². The lowest BCUT2D eigenvalue weighted by molar-refractivity contribution is -0.128. The van der Waals surface area contributed by atoms with E-state index in [4.69, 9.17) is 10.1 Å². The Morgan fingerprint density at radius 1 is 1.50 bits per heavy atom. The van der Waals surface area contributed by atoms with E-state index in [9.17, 15) is 5.11 Å². The molecule has 0 aromatic carbocycles. The van der Waals surface area contributed by atoms with Gasteiger partial charge in [-0.3, -0.25) is 0 Å². The lowest BCUT2D eigenvalue weighted by atomic mass is 10.2. The molecule has 1 atom stereocenters. The molecule has 4 nitrogen and oxygen atoms in total. The standard InChI is InChI=1S/C8H17NO3/c1-8(2,3)12-7(10)6(9)5-11-4/h7,9-10H,5H2,1-4H3. The fraction of sp³-hybridized carbons (Fsp3) is 0.875. The maximum atomic E-state index is 9.26. The third-order valence-corrected chi connectivity index (χ3v) is 1.06. The molecule has 12 heavy (non-hydrogen) atoms. The minimum Gasteiger partial charge on any atom is -0.379 e. The van der Waals surface area contributed by atoms with E-state index in [1.54, 1.807) is 0 Å². The monoisotopic (exact) mass is 175 g/mol. The highest BCUT2D eigenvalue weighted by Gasteiger charge is 2.19. The van der Waals surface area contributed by atoms with Crippen LogP contribution in [-0.2, 0) is 9.47 Å². The van der Waals surface area contributed by atoms with E-state index in [1.165, 1.54) is 7.11 Å². The summed E-state index contributed by atoms with van der Waals surface area (Å²) in [6.07, 6.45) is -1.16. The SMILES string of the molecule is COCC(=N)C(O)OC(C)(C)C. The normalized spacial score (nSPS) is 14.4. The summed E-state index contributed by atoms with van der Waals surface area (Å²) >= 11 is 0. The molecule has 0 aliphatic rings. The molecule has 2 N–H and O–H groups in total. The molecule has 0 aromatic heterocycles. The van der Waals surface area contributed by atoms with E-state index in [1.807, 2.05) is 20.8 Å². The molecule has 72 valence electrons. The summed E-state index contributed by atoms with van der Waals surface area (Å²) in [5, 5.41) is 16.5. The van der Waals surface area contributed by atoms with Crippen molar-refractivity contribution in [2.75, 3.05) is 13.7 Å². The van der Waals surface area contributed by atoms with Gasteiger partial charge in [0.25, 0.3) is 0 Å². The fourth-order valence-electron chi connectivity index (χ4n) is 0.633. The molecule has 0 rings (SSSR count). The molecule has 0 radical (unpaired) electrons. The van der Waals surface area contributed by atoms with Crippen molar-refractivity contribution in [3.8, 4) is 0 Å². The van der Waals surface area contributed by atoms with Crippen LogP contribution < -0.4 is 0 Å². The number of aliphatic hydroxyl groups excluding tert-OH is 1. The Balaban J connectivity index is 3.87. The Morgan fingerprint density at radius 3 is 2.33 bits per heavy atom. The molecule has 0 bridgehead atoms. The van der Waals surface area contributed by atoms with Gasteiger partial charge in [-0.05, 0) is 20.8 Å². The summed E-state index contributed by atoms with van der Waals surface area (Å²) in [6.45, 7) is 5.54. The molecule has 0 fully saturated rings. The van der Waals surface area contributed by atoms with E-state index < -0.39 is 11.9 Å². The van der Waals surface area contributed by atoms with Crippen LogP contribution in [0.4, 0.5) is 0 Å². The largest absolute Gasteiger partial charge is 0.379 e. The molecule has 0 saturated heterocycles. The van der Waals surface area contributed by atoms with Gasteiger partial charge in [0.2, 0.25) is 0 Å². The molecule has 1 unspecified atom stereocenters. The van der Waals surface area contributed by atoms with Crippen molar-refractivity contribution in [2.24, 2.45) is 0 Å². The van der Waals surface area contributed by atoms with E-state index in [0.29, 0.717) is 0 Å². The van der Waals surface area contributed by atoms with Gasteiger partial charge in [0.15, 0.2) is 6.29 Å². The van der Waals surface area contributed by atoms with Crippen LogP contribution in [0.1, 0.15) is 20.8 Å². The highest BCUT2D eigenvalue weighted by atomic mass is 16.6. The van der Waals surface area contributed by atoms with Crippen LogP contribution in [-0.4, -0.2) is 36.4 Å². The zero-order valence-electron chi connectivity index (χ0n) is 8.05. The zero-order valence-corrected chi connectivity index (χ0v) is 8.05. The van der Waals surface area contributed by atoms with Gasteiger partial charge in [0.1, 0.15) is 0 Å². The number of ether oxygens (including phenoxy) is 2. The third-order valence-electron chi connectivity index (χ3n) is 1.06. The summed E-state index contributed by atoms with van der Waals surface area (Å²) in [6, 6.07) is 0. The Bertz CT molecular complexity index is 151. The lowest BCUT2D eigenvalue weighted by Crippen LogP contribution is -2.34. The highest BCUT2D eigenvalue weighted by molar-refractivity contribution is 5.85. The maximum Gasteiger partial charge on any atom is 0.196 e. The smallest absolute Gasteiger partial charge is 0.196 e. The topological polar surface area (TPSA) is 62.5 Å². The van der Waals surface area contributed by atoms with Crippen LogP contribution in [0.2, 0.25) is 0 Å². The van der Waals surface area contributed by atoms with Crippen molar-refractivity contribution >= 4 is 5.71 Å². The number of rotatable bonds is 4. The quantitative estimate of drug-likeness (QED) is 0.490. The first-order valence-corrected chi connectivity index (χ1v) is 3.79. The van der Waals surface area contributed by atoms with E-state index in [0.717, 1.165) is 0 Å². The van der Waals surface area contributed by atoms with Crippen molar-refractivity contribution < 1.29 is 14.6 Å². The second-order valence-electron chi connectivity index (χ2n) is 3.54.